The molecule has 12 heteroatoms. The molecule has 36 heavy (non-hydrogen) atoms. The van der Waals surface area contributed by atoms with E-state index in [1.54, 1.807) is 25.1 Å². The van der Waals surface area contributed by atoms with Crippen LogP contribution < -0.4 is 15.4 Å². The van der Waals surface area contributed by atoms with E-state index in [1.807, 2.05) is 0 Å². The van der Waals surface area contributed by atoms with Crippen LogP contribution in [-0.2, 0) is 19.1 Å². The number of halogens is 3. The van der Waals surface area contributed by atoms with E-state index in [2.05, 4.69) is 16.7 Å². The fourth-order valence-corrected chi connectivity index (χ4v) is 5.24. The predicted molar refractivity (Wildman–Crippen MR) is 139 cm³/mol. The smallest absolute Gasteiger partial charge is 0.319 e. The molecule has 0 unspecified atom stereocenters. The summed E-state index contributed by atoms with van der Waals surface area (Å²) < 4.78 is 10.3. The number of allylic oxidation sites excluding steroid dienone is 1. The zero-order valence-electron chi connectivity index (χ0n) is 19.1. The van der Waals surface area contributed by atoms with Gasteiger partial charge in [0, 0.05) is 21.7 Å². The Balaban J connectivity index is 1.92. The molecule has 0 aromatic heterocycles. The molecule has 0 saturated heterocycles. The Morgan fingerprint density at radius 2 is 1.86 bits per heavy atom. The van der Waals surface area contributed by atoms with Crippen molar-refractivity contribution in [2.45, 2.75) is 12.8 Å². The highest BCUT2D eigenvalue weighted by Gasteiger charge is 2.44. The number of amides is 2. The number of nitrogens with zero attached hydrogens (tertiary/aromatic N) is 1. The minimum atomic E-state index is -1.33. The Bertz CT molecular complexity index is 1260. The molecule has 188 valence electrons. The Morgan fingerprint density at radius 3 is 2.44 bits per heavy atom. The first kappa shape index (κ1) is 27.7. The normalized spacial score (nSPS) is 17.2. The third-order valence-corrected chi connectivity index (χ3v) is 6.84. The number of hydrogen-bond acceptors (Lipinski definition) is 7. The average molecular weight is 569 g/mol. The lowest BCUT2D eigenvalue weighted by Crippen LogP contribution is -2.44. The maximum absolute atomic E-state index is 13.0. The number of rotatable bonds is 8. The maximum Gasteiger partial charge on any atom is 0.319 e. The molecule has 2 aromatic carbocycles. The monoisotopic (exact) mass is 567 g/mol. The number of carbonyl (C=O) groups is 3. The quantitative estimate of drug-likeness (QED) is 0.334. The molecule has 0 radical (unpaired) electrons. The average Bonchev–Trinajstić information content (AvgIpc) is 2.82. The highest BCUT2D eigenvalue weighted by molar-refractivity contribution is 8.03. The SMILES string of the molecule is CCOc1ccc([C@@H]2C(C#N)=C(SCC(=O)Nc3cc(Cl)cc(Cl)c3)NC(=O)[C@@H]2C(=O)OC)cc1Cl. The number of benzene rings is 2. The Morgan fingerprint density at radius 1 is 1.17 bits per heavy atom. The zero-order valence-corrected chi connectivity index (χ0v) is 22.1. The summed E-state index contributed by atoms with van der Waals surface area (Å²) in [6.07, 6.45) is 0. The van der Waals surface area contributed by atoms with Crippen molar-refractivity contribution < 1.29 is 23.9 Å². The van der Waals surface area contributed by atoms with Crippen LogP contribution in [0.5, 0.6) is 5.75 Å². The number of nitrogens with one attached hydrogen (secondary N) is 2. The van der Waals surface area contributed by atoms with Crippen molar-refractivity contribution in [1.82, 2.24) is 5.32 Å². The van der Waals surface area contributed by atoms with Crippen LogP contribution in [0.4, 0.5) is 5.69 Å². The van der Waals surface area contributed by atoms with Crippen LogP contribution in [0, 0.1) is 17.2 Å². The number of esters is 1. The minimum absolute atomic E-state index is 0.0915. The maximum atomic E-state index is 13.0. The van der Waals surface area contributed by atoms with Crippen LogP contribution in [0.25, 0.3) is 0 Å². The molecule has 1 aliphatic rings. The predicted octanol–water partition coefficient (Wildman–Crippen LogP) is 5.16. The first-order chi connectivity index (χ1) is 17.2. The third kappa shape index (κ3) is 6.45. The second kappa shape index (κ2) is 12.4. The van der Waals surface area contributed by atoms with Crippen molar-refractivity contribution in [2.24, 2.45) is 5.92 Å². The van der Waals surface area contributed by atoms with E-state index >= 15 is 0 Å². The lowest BCUT2D eigenvalue weighted by Gasteiger charge is -2.31. The van der Waals surface area contributed by atoms with Gasteiger partial charge in [-0.15, -0.1) is 0 Å². The largest absolute Gasteiger partial charge is 0.492 e. The molecule has 3 rings (SSSR count). The highest BCUT2D eigenvalue weighted by atomic mass is 35.5. The summed E-state index contributed by atoms with van der Waals surface area (Å²) >= 11 is 19.2. The van der Waals surface area contributed by atoms with Gasteiger partial charge in [-0.25, -0.2) is 0 Å². The molecule has 2 aromatic rings. The lowest BCUT2D eigenvalue weighted by atomic mass is 9.78. The van der Waals surface area contributed by atoms with E-state index in [0.29, 0.717) is 33.7 Å². The van der Waals surface area contributed by atoms with Crippen molar-refractivity contribution >= 4 is 70.0 Å². The van der Waals surface area contributed by atoms with Gasteiger partial charge in [0.15, 0.2) is 0 Å². The molecule has 0 saturated carbocycles. The standard InChI is InChI=1S/C24H20Cl3N3O5S/c1-3-35-18-5-4-12(6-17(18)27)20-16(10-28)23(30-22(32)21(20)24(33)34-2)36-11-19(31)29-15-8-13(25)7-14(26)9-15/h4-9,20-21H,3,11H2,1-2H3,(H,29,31)(H,30,32)/t20-,21-/m1/s1. The highest BCUT2D eigenvalue weighted by Crippen LogP contribution is 2.42. The van der Waals surface area contributed by atoms with Crippen molar-refractivity contribution in [3.05, 3.63) is 67.6 Å². The topological polar surface area (TPSA) is 118 Å². The van der Waals surface area contributed by atoms with Crippen molar-refractivity contribution in [1.29, 1.82) is 5.26 Å². The summed E-state index contributed by atoms with van der Waals surface area (Å²) in [5.74, 6) is -3.94. The number of thioether (sulfide) groups is 1. The molecule has 1 heterocycles. The molecule has 0 fully saturated rings. The van der Waals surface area contributed by atoms with Crippen LogP contribution in [0.15, 0.2) is 47.0 Å². The molecule has 0 bridgehead atoms. The molecular weight excluding hydrogens is 549 g/mol. The van der Waals surface area contributed by atoms with Gasteiger partial charge in [-0.3, -0.25) is 14.4 Å². The van der Waals surface area contributed by atoms with Crippen molar-refractivity contribution in [3.63, 3.8) is 0 Å². The van der Waals surface area contributed by atoms with Gasteiger partial charge in [0.2, 0.25) is 11.8 Å². The van der Waals surface area contributed by atoms with E-state index < -0.39 is 29.6 Å². The minimum Gasteiger partial charge on any atom is -0.492 e. The van der Waals surface area contributed by atoms with Gasteiger partial charge in [-0.1, -0.05) is 52.6 Å². The summed E-state index contributed by atoms with van der Waals surface area (Å²) in [6, 6.07) is 11.4. The number of methoxy groups -OCH3 is 1. The van der Waals surface area contributed by atoms with Gasteiger partial charge in [0.1, 0.15) is 11.7 Å². The van der Waals surface area contributed by atoms with Crippen LogP contribution in [-0.4, -0.2) is 37.3 Å². The number of hydrogen-bond donors (Lipinski definition) is 2. The van der Waals surface area contributed by atoms with E-state index in [-0.39, 0.29) is 21.4 Å². The summed E-state index contributed by atoms with van der Waals surface area (Å²) in [7, 11) is 1.16. The van der Waals surface area contributed by atoms with Gasteiger partial charge in [-0.05, 0) is 42.8 Å². The van der Waals surface area contributed by atoms with Gasteiger partial charge < -0.3 is 20.1 Å². The number of anilines is 1. The first-order valence-electron chi connectivity index (χ1n) is 10.5. The lowest BCUT2D eigenvalue weighted by molar-refractivity contribution is -0.150. The van der Waals surface area contributed by atoms with Gasteiger partial charge in [0.05, 0.1) is 41.2 Å². The van der Waals surface area contributed by atoms with E-state index in [0.717, 1.165) is 18.9 Å². The third-order valence-electron chi connectivity index (χ3n) is 5.09. The van der Waals surface area contributed by atoms with Crippen LogP contribution in [0.2, 0.25) is 15.1 Å². The number of carbonyl (C=O) groups excluding carboxylic acids is 3. The van der Waals surface area contributed by atoms with E-state index in [4.69, 9.17) is 44.3 Å². The number of nitriles is 1. The Labute approximate surface area is 226 Å². The molecule has 2 N–H and O–H groups in total. The summed E-state index contributed by atoms with van der Waals surface area (Å²) in [4.78, 5) is 38.0. The second-order valence-electron chi connectivity index (χ2n) is 7.44. The van der Waals surface area contributed by atoms with Crippen molar-refractivity contribution in [2.75, 3.05) is 24.8 Å². The molecule has 2 amide bonds. The summed E-state index contributed by atoms with van der Waals surface area (Å²) in [5, 5.41) is 16.3. The van der Waals surface area contributed by atoms with E-state index in [1.165, 1.54) is 18.2 Å². The molecular formula is C24H20Cl3N3O5S. The summed E-state index contributed by atoms with van der Waals surface area (Å²) in [6.45, 7) is 2.20. The molecule has 0 aliphatic carbocycles. The van der Waals surface area contributed by atoms with Crippen molar-refractivity contribution in [3.8, 4) is 11.8 Å². The first-order valence-corrected chi connectivity index (χ1v) is 12.6. The molecule has 0 spiro atoms. The van der Waals surface area contributed by atoms with Crippen LogP contribution in [0.3, 0.4) is 0 Å². The van der Waals surface area contributed by atoms with E-state index in [9.17, 15) is 19.6 Å². The Hall–Kier alpha value is -2.90. The molecule has 8 nitrogen and oxygen atoms in total. The molecule has 2 atom stereocenters. The fourth-order valence-electron chi connectivity index (χ4n) is 3.62. The molecule has 1 aliphatic heterocycles. The van der Waals surface area contributed by atoms with Gasteiger partial charge >= 0.3 is 5.97 Å². The fraction of sp³-hybridized carbons (Fsp3) is 0.250. The van der Waals surface area contributed by atoms with Crippen LogP contribution in [0.1, 0.15) is 18.4 Å². The zero-order chi connectivity index (χ0) is 26.4. The Kier molecular flexibility index (Phi) is 9.51. The second-order valence-corrected chi connectivity index (χ2v) is 9.71. The number of ether oxygens (including phenoxy) is 2. The van der Waals surface area contributed by atoms with Gasteiger partial charge in [-0.2, -0.15) is 5.26 Å². The van der Waals surface area contributed by atoms with Crippen LogP contribution >= 0.6 is 46.6 Å². The van der Waals surface area contributed by atoms with Gasteiger partial charge in [0.25, 0.3) is 0 Å². The summed E-state index contributed by atoms with van der Waals surface area (Å²) in [5.41, 5.74) is 0.933.